The van der Waals surface area contributed by atoms with Gasteiger partial charge in [0.15, 0.2) is 0 Å². The maximum absolute atomic E-state index is 16.9. The minimum absolute atomic E-state index is 0.0767. The molecule has 3 N–H and O–H groups in total. The number of hydrogen-bond donors (Lipinski definition) is 3. The average Bonchev–Trinajstić information content (AvgIpc) is 3.70. The zero-order chi connectivity index (χ0) is 44.2. The van der Waals surface area contributed by atoms with Gasteiger partial charge in [-0.2, -0.15) is 10.2 Å². The molecule has 1 saturated heterocycles. The molecular weight excluding hydrogens is 811 g/mol. The van der Waals surface area contributed by atoms with Crippen LogP contribution < -0.4 is 11.0 Å². The summed E-state index contributed by atoms with van der Waals surface area (Å²) in [5.41, 5.74) is 3.43. The quantitative estimate of drug-likeness (QED) is 0.113. The van der Waals surface area contributed by atoms with Crippen molar-refractivity contribution >= 4 is 39.6 Å². The van der Waals surface area contributed by atoms with Crippen molar-refractivity contribution in [1.82, 2.24) is 43.5 Å². The minimum Gasteiger partial charge on any atom is -0.465 e. The number of carbonyl (C=O) groups excluding carboxylic acids is 1. The van der Waals surface area contributed by atoms with Crippen molar-refractivity contribution in [3.8, 4) is 17.2 Å². The first kappa shape index (κ1) is 40.2. The van der Waals surface area contributed by atoms with Gasteiger partial charge in [0.1, 0.15) is 34.5 Å². The molecular formula is C46H46F2N10O5. The molecule has 15 nitrogen and oxygen atoms in total. The van der Waals surface area contributed by atoms with E-state index in [9.17, 15) is 14.7 Å². The number of benzene rings is 3. The average molecular weight is 857 g/mol. The summed E-state index contributed by atoms with van der Waals surface area (Å²) in [6.07, 6.45) is 5.57. The summed E-state index contributed by atoms with van der Waals surface area (Å²) >= 11 is 0. The lowest BCUT2D eigenvalue weighted by Gasteiger charge is -2.34. The van der Waals surface area contributed by atoms with E-state index in [4.69, 9.17) is 15.2 Å². The van der Waals surface area contributed by atoms with Crippen LogP contribution in [0.5, 0.6) is 0 Å². The third-order valence-corrected chi connectivity index (χ3v) is 13.6. The molecule has 3 aliphatic rings. The number of hydrogen-bond acceptors (Lipinski definition) is 7. The number of halogens is 2. The lowest BCUT2D eigenvalue weighted by atomic mass is 9.90. The van der Waals surface area contributed by atoms with Gasteiger partial charge < -0.3 is 19.3 Å². The van der Waals surface area contributed by atoms with Crippen molar-refractivity contribution < 1.29 is 28.2 Å². The smallest absolute Gasteiger partial charge is 0.410 e. The number of ether oxygens (including phenoxy) is 1. The molecule has 3 aromatic carbocycles. The van der Waals surface area contributed by atoms with Crippen LogP contribution in [0.1, 0.15) is 83.5 Å². The number of amidine groups is 1. The van der Waals surface area contributed by atoms with Gasteiger partial charge in [-0.15, -0.1) is 0 Å². The second kappa shape index (κ2) is 14.6. The molecule has 17 heteroatoms. The molecule has 324 valence electrons. The maximum Gasteiger partial charge on any atom is 0.410 e. The van der Waals surface area contributed by atoms with Crippen LogP contribution in [0.25, 0.3) is 39.0 Å². The second-order valence-corrected chi connectivity index (χ2v) is 17.2. The molecule has 10 rings (SSSR count). The van der Waals surface area contributed by atoms with Crippen LogP contribution in [-0.2, 0) is 23.7 Å². The van der Waals surface area contributed by atoms with Crippen LogP contribution >= 0.6 is 0 Å². The summed E-state index contributed by atoms with van der Waals surface area (Å²) in [4.78, 5) is 43.6. The zero-order valence-corrected chi connectivity index (χ0v) is 35.4. The summed E-state index contributed by atoms with van der Waals surface area (Å²) < 4.78 is 45.5. The Labute approximate surface area is 359 Å². The van der Waals surface area contributed by atoms with Crippen LogP contribution in [0.3, 0.4) is 0 Å². The number of nitrogens with one attached hydrogen (secondary N) is 2. The third kappa shape index (κ3) is 6.14. The number of fused-ring (bicyclic) bond motifs is 3. The van der Waals surface area contributed by atoms with Crippen LogP contribution in [0.2, 0.25) is 0 Å². The van der Waals surface area contributed by atoms with E-state index in [1.54, 1.807) is 75.5 Å². The first-order valence-electron chi connectivity index (χ1n) is 21.1. The predicted molar refractivity (Wildman–Crippen MR) is 231 cm³/mol. The predicted octanol–water partition coefficient (Wildman–Crippen LogP) is 7.18. The Hall–Kier alpha value is -6.88. The van der Waals surface area contributed by atoms with Gasteiger partial charge in [-0.25, -0.2) is 23.1 Å². The highest BCUT2D eigenvalue weighted by Gasteiger charge is 2.59. The number of rotatable bonds is 7. The normalized spacial score (nSPS) is 20.1. The van der Waals surface area contributed by atoms with Gasteiger partial charge in [0.25, 0.3) is 5.91 Å². The summed E-state index contributed by atoms with van der Waals surface area (Å²) in [7, 11) is 1.84. The summed E-state index contributed by atoms with van der Waals surface area (Å²) in [6, 6.07) is 13.3. The van der Waals surface area contributed by atoms with Gasteiger partial charge in [-0.1, -0.05) is 13.0 Å². The molecule has 0 spiro atoms. The van der Waals surface area contributed by atoms with Gasteiger partial charge in [-0.05, 0) is 111 Å². The van der Waals surface area contributed by atoms with Crippen LogP contribution in [-0.4, -0.2) is 80.9 Å². The number of aromatic nitrogens is 7. The van der Waals surface area contributed by atoms with Crippen molar-refractivity contribution in [2.45, 2.75) is 70.9 Å². The summed E-state index contributed by atoms with van der Waals surface area (Å²) in [6.45, 7) is 8.29. The molecule has 0 radical (unpaired) electrons. The SMILES string of the molecule is Cc1cc(-n2nc3c(c2-n2ccn(-c4ccc5c(cnn5C)c4)c2=O)[C@H](C)N(C(=O)c2cc4c(F)c(C5CCOCC5)ccc4n2[C@@]2(C(=N)NC(=O)O)C[C@@H]2C)CC3)cc(C)c1F. The van der Waals surface area contributed by atoms with E-state index in [0.717, 1.165) is 10.9 Å². The van der Waals surface area contributed by atoms with Crippen molar-refractivity contribution in [3.63, 3.8) is 0 Å². The highest BCUT2D eigenvalue weighted by atomic mass is 19.1. The standard InChI is InChI=1S/C46H46F2N10O5/c1-24-18-31(19-25(2)39(24)47)58-41(56-15-14-55(45(56)62)30-6-8-35-29(20-30)23-50-53(35)5)38-27(4)54(13-10-34(38)52-58)42(59)37-21-33-36(9-7-32(40(33)48)28-11-16-63-17-12-28)57(37)46(22-26(46)3)43(49)51-44(60)61/h6-9,14-15,18-21,23,26-28H,10-13,16-17,22H2,1-5H3,(H2,49,51)(H,60,61)/t26-,27-,46-/m0/s1. The number of aryl methyl sites for hydroxylation is 3. The van der Waals surface area contributed by atoms with Gasteiger partial charge in [0.05, 0.1) is 40.3 Å². The van der Waals surface area contributed by atoms with Gasteiger partial charge in [0.2, 0.25) is 0 Å². The monoisotopic (exact) mass is 856 g/mol. The molecule has 2 amide bonds. The number of imidazole rings is 1. The highest BCUT2D eigenvalue weighted by Crippen LogP contribution is 2.54. The van der Waals surface area contributed by atoms with Crippen LogP contribution in [0.4, 0.5) is 13.6 Å². The van der Waals surface area contributed by atoms with E-state index < -0.39 is 35.1 Å². The fourth-order valence-corrected chi connectivity index (χ4v) is 10.1. The Kier molecular flexibility index (Phi) is 9.32. The maximum atomic E-state index is 16.9. The van der Waals surface area contributed by atoms with E-state index >= 15 is 13.6 Å². The molecule has 4 aromatic heterocycles. The molecule has 2 aliphatic heterocycles. The molecule has 1 saturated carbocycles. The molecule has 6 heterocycles. The number of carboxylic acid groups (broad SMARTS) is 1. The first-order valence-corrected chi connectivity index (χ1v) is 21.1. The van der Waals surface area contributed by atoms with Crippen molar-refractivity contribution in [3.05, 3.63) is 123 Å². The van der Waals surface area contributed by atoms with E-state index in [0.29, 0.717) is 83.1 Å². The van der Waals surface area contributed by atoms with Crippen molar-refractivity contribution in [2.24, 2.45) is 13.0 Å². The Morgan fingerprint density at radius 1 is 0.952 bits per heavy atom. The third-order valence-electron chi connectivity index (χ3n) is 13.6. The van der Waals surface area contributed by atoms with Gasteiger partial charge in [-0.3, -0.25) is 29.3 Å². The lowest BCUT2D eigenvalue weighted by molar-refractivity contribution is 0.0664. The molecule has 7 aromatic rings. The molecule has 2 fully saturated rings. The van der Waals surface area contributed by atoms with Crippen molar-refractivity contribution in [1.29, 1.82) is 5.41 Å². The second-order valence-electron chi connectivity index (χ2n) is 17.2. The van der Waals surface area contributed by atoms with E-state index in [-0.39, 0.29) is 47.5 Å². The molecule has 0 bridgehead atoms. The number of carbonyl (C=O) groups is 2. The number of amides is 2. The van der Waals surface area contributed by atoms with Gasteiger partial charge in [0, 0.05) is 62.0 Å². The summed E-state index contributed by atoms with van der Waals surface area (Å²) in [5, 5.41) is 31.4. The Bertz CT molecular complexity index is 3110. The Morgan fingerprint density at radius 2 is 1.65 bits per heavy atom. The molecule has 1 aliphatic carbocycles. The largest absolute Gasteiger partial charge is 0.465 e. The van der Waals surface area contributed by atoms with E-state index in [1.165, 1.54) is 15.2 Å². The van der Waals surface area contributed by atoms with Gasteiger partial charge >= 0.3 is 11.8 Å². The Morgan fingerprint density at radius 3 is 2.35 bits per heavy atom. The summed E-state index contributed by atoms with van der Waals surface area (Å²) in [5.74, 6) is -1.53. The molecule has 0 unspecified atom stereocenters. The number of nitrogens with zero attached hydrogens (tertiary/aromatic N) is 8. The fraction of sp³-hybridized carbons (Fsp3) is 0.348. The van der Waals surface area contributed by atoms with Crippen LogP contribution in [0, 0.1) is 36.8 Å². The fourth-order valence-electron chi connectivity index (χ4n) is 10.1. The van der Waals surface area contributed by atoms with E-state index in [1.807, 2.05) is 39.1 Å². The lowest BCUT2D eigenvalue weighted by Crippen LogP contribution is -2.45. The highest BCUT2D eigenvalue weighted by molar-refractivity contribution is 6.05. The molecule has 63 heavy (non-hydrogen) atoms. The van der Waals surface area contributed by atoms with Crippen molar-refractivity contribution in [2.75, 3.05) is 19.8 Å². The minimum atomic E-state index is -1.41. The first-order chi connectivity index (χ1) is 30.2. The molecule has 3 atom stereocenters. The Balaban J connectivity index is 1.12. The van der Waals surface area contributed by atoms with Crippen LogP contribution in [0.15, 0.2) is 71.9 Å². The topological polar surface area (TPSA) is 170 Å². The zero-order valence-electron chi connectivity index (χ0n) is 35.4. The van der Waals surface area contributed by atoms with E-state index in [2.05, 4.69) is 10.4 Å².